The van der Waals surface area contributed by atoms with E-state index in [1.165, 1.54) is 0 Å². The lowest BCUT2D eigenvalue weighted by atomic mass is 10.2. The molecule has 0 aliphatic carbocycles. The predicted molar refractivity (Wildman–Crippen MR) is 78.5 cm³/mol. The Kier molecular flexibility index (Phi) is 7.00. The van der Waals surface area contributed by atoms with Crippen molar-refractivity contribution in [1.29, 1.82) is 0 Å². The molecule has 1 aromatic rings. The van der Waals surface area contributed by atoms with E-state index in [1.807, 2.05) is 19.2 Å². The summed E-state index contributed by atoms with van der Waals surface area (Å²) in [6, 6.07) is 5.99. The fraction of sp³-hybridized carbons (Fsp3) is 0.538. The van der Waals surface area contributed by atoms with E-state index in [-0.39, 0.29) is 5.38 Å². The van der Waals surface area contributed by atoms with Gasteiger partial charge in [0.15, 0.2) is 0 Å². The van der Waals surface area contributed by atoms with Crippen LogP contribution in [-0.4, -0.2) is 44.7 Å². The first-order valence-corrected chi connectivity index (χ1v) is 6.93. The van der Waals surface area contributed by atoms with E-state index in [9.17, 15) is 0 Å². The molecule has 0 aliphatic rings. The van der Waals surface area contributed by atoms with Gasteiger partial charge in [-0.1, -0.05) is 15.9 Å². The van der Waals surface area contributed by atoms with Crippen LogP contribution in [-0.2, 0) is 11.3 Å². The molecule has 0 aromatic heterocycles. The van der Waals surface area contributed by atoms with Crippen LogP contribution in [0, 0.1) is 0 Å². The number of alkyl halides is 1. The van der Waals surface area contributed by atoms with Gasteiger partial charge in [-0.25, -0.2) is 0 Å². The molecule has 102 valence electrons. The van der Waals surface area contributed by atoms with Crippen molar-refractivity contribution in [3.05, 3.63) is 28.2 Å². The Morgan fingerprint density at radius 3 is 2.72 bits per heavy atom. The third-order valence-electron chi connectivity index (χ3n) is 2.54. The van der Waals surface area contributed by atoms with E-state index in [4.69, 9.17) is 21.1 Å². The lowest BCUT2D eigenvalue weighted by molar-refractivity contribution is 0.181. The predicted octanol–water partition coefficient (Wildman–Crippen LogP) is 3.14. The fourth-order valence-electron chi connectivity index (χ4n) is 1.80. The van der Waals surface area contributed by atoms with Crippen molar-refractivity contribution in [1.82, 2.24) is 4.90 Å². The van der Waals surface area contributed by atoms with Crippen LogP contribution < -0.4 is 4.74 Å². The van der Waals surface area contributed by atoms with Gasteiger partial charge in [0.05, 0.1) is 19.1 Å². The normalized spacial score (nSPS) is 12.8. The van der Waals surface area contributed by atoms with Gasteiger partial charge in [-0.05, 0) is 25.2 Å². The Morgan fingerprint density at radius 2 is 2.11 bits per heavy atom. The van der Waals surface area contributed by atoms with Crippen molar-refractivity contribution >= 4 is 27.5 Å². The molecule has 0 bridgehead atoms. The van der Waals surface area contributed by atoms with Gasteiger partial charge in [-0.15, -0.1) is 11.6 Å². The maximum absolute atomic E-state index is 6.14. The zero-order chi connectivity index (χ0) is 13.5. The zero-order valence-electron chi connectivity index (χ0n) is 11.0. The molecule has 0 fully saturated rings. The van der Waals surface area contributed by atoms with Crippen molar-refractivity contribution in [3.63, 3.8) is 0 Å². The Balaban J connectivity index is 2.63. The Hall–Kier alpha value is -0.290. The highest BCUT2D eigenvalue weighted by Crippen LogP contribution is 2.24. The SMILES string of the molecule is COCC(Cl)CN(C)Cc1cc(Br)ccc1OC. The van der Waals surface area contributed by atoms with Gasteiger partial charge >= 0.3 is 0 Å². The largest absolute Gasteiger partial charge is 0.496 e. The van der Waals surface area contributed by atoms with Crippen molar-refractivity contribution in [2.45, 2.75) is 11.9 Å². The van der Waals surface area contributed by atoms with Crippen molar-refractivity contribution in [3.8, 4) is 5.75 Å². The summed E-state index contributed by atoms with van der Waals surface area (Å²) in [4.78, 5) is 2.15. The number of methoxy groups -OCH3 is 2. The maximum Gasteiger partial charge on any atom is 0.123 e. The topological polar surface area (TPSA) is 21.7 Å². The fourth-order valence-corrected chi connectivity index (χ4v) is 2.57. The van der Waals surface area contributed by atoms with E-state index in [1.54, 1.807) is 14.2 Å². The van der Waals surface area contributed by atoms with Gasteiger partial charge in [0.25, 0.3) is 0 Å². The summed E-state index contributed by atoms with van der Waals surface area (Å²) < 4.78 is 11.4. The van der Waals surface area contributed by atoms with Gasteiger partial charge in [0, 0.05) is 30.2 Å². The van der Waals surface area contributed by atoms with Crippen molar-refractivity contribution < 1.29 is 9.47 Å². The quantitative estimate of drug-likeness (QED) is 0.714. The van der Waals surface area contributed by atoms with Crippen molar-refractivity contribution in [2.24, 2.45) is 0 Å². The van der Waals surface area contributed by atoms with Crippen LogP contribution in [0.4, 0.5) is 0 Å². The van der Waals surface area contributed by atoms with Gasteiger partial charge in [-0.2, -0.15) is 0 Å². The number of hydrogen-bond donors (Lipinski definition) is 0. The molecule has 0 aliphatic heterocycles. The molecule has 0 heterocycles. The van der Waals surface area contributed by atoms with E-state index in [0.717, 1.165) is 28.9 Å². The number of nitrogens with zero attached hydrogens (tertiary/aromatic N) is 1. The molecular formula is C13H19BrClNO2. The molecule has 0 radical (unpaired) electrons. The highest BCUT2D eigenvalue weighted by molar-refractivity contribution is 9.10. The van der Waals surface area contributed by atoms with Crippen LogP contribution in [0.3, 0.4) is 0 Å². The third-order valence-corrected chi connectivity index (χ3v) is 3.30. The number of ether oxygens (including phenoxy) is 2. The van der Waals surface area contributed by atoms with Crippen LogP contribution in [0.25, 0.3) is 0 Å². The van der Waals surface area contributed by atoms with Crippen LogP contribution in [0.2, 0.25) is 0 Å². The molecule has 0 amide bonds. The lowest BCUT2D eigenvalue weighted by Crippen LogP contribution is -2.28. The average molecular weight is 337 g/mol. The highest BCUT2D eigenvalue weighted by Gasteiger charge is 2.11. The molecular weight excluding hydrogens is 318 g/mol. The van der Waals surface area contributed by atoms with Crippen LogP contribution in [0.1, 0.15) is 5.56 Å². The number of benzene rings is 1. The van der Waals surface area contributed by atoms with Gasteiger partial charge in [0.1, 0.15) is 5.75 Å². The van der Waals surface area contributed by atoms with E-state index in [0.29, 0.717) is 6.61 Å². The molecule has 0 saturated heterocycles. The molecule has 0 saturated carbocycles. The summed E-state index contributed by atoms with van der Waals surface area (Å²) in [6.45, 7) is 2.11. The number of rotatable bonds is 7. The first kappa shape index (κ1) is 15.8. The Morgan fingerprint density at radius 1 is 1.39 bits per heavy atom. The standard InChI is InChI=1S/C13H19BrClNO2/c1-16(8-12(15)9-17-2)7-10-6-11(14)4-5-13(10)18-3/h4-6,12H,7-9H2,1-3H3. The maximum atomic E-state index is 6.14. The molecule has 1 aromatic carbocycles. The summed E-state index contributed by atoms with van der Waals surface area (Å²) in [5.41, 5.74) is 1.13. The monoisotopic (exact) mass is 335 g/mol. The average Bonchev–Trinajstić information content (AvgIpc) is 2.29. The molecule has 1 unspecified atom stereocenters. The van der Waals surface area contributed by atoms with Crippen LogP contribution >= 0.6 is 27.5 Å². The first-order valence-electron chi connectivity index (χ1n) is 5.70. The number of hydrogen-bond acceptors (Lipinski definition) is 3. The molecule has 0 N–H and O–H groups in total. The Bertz CT molecular complexity index is 376. The summed E-state index contributed by atoms with van der Waals surface area (Å²) in [6.07, 6.45) is 0. The molecule has 1 atom stereocenters. The van der Waals surface area contributed by atoms with Crippen molar-refractivity contribution in [2.75, 3.05) is 34.4 Å². The molecule has 3 nitrogen and oxygen atoms in total. The Labute approximate surface area is 122 Å². The zero-order valence-corrected chi connectivity index (χ0v) is 13.3. The minimum atomic E-state index is -0.00171. The summed E-state index contributed by atoms with van der Waals surface area (Å²) in [5.74, 6) is 0.892. The number of halogens is 2. The second-order valence-corrected chi connectivity index (χ2v) is 5.74. The molecule has 1 rings (SSSR count). The second kappa shape index (κ2) is 8.00. The van der Waals surface area contributed by atoms with Gasteiger partial charge in [-0.3, -0.25) is 0 Å². The summed E-state index contributed by atoms with van der Waals surface area (Å²) >= 11 is 9.61. The summed E-state index contributed by atoms with van der Waals surface area (Å²) in [7, 11) is 5.38. The van der Waals surface area contributed by atoms with E-state index < -0.39 is 0 Å². The van der Waals surface area contributed by atoms with Crippen LogP contribution in [0.5, 0.6) is 5.75 Å². The smallest absolute Gasteiger partial charge is 0.123 e. The molecule has 18 heavy (non-hydrogen) atoms. The highest BCUT2D eigenvalue weighted by atomic mass is 79.9. The minimum Gasteiger partial charge on any atom is -0.496 e. The van der Waals surface area contributed by atoms with Crippen LogP contribution in [0.15, 0.2) is 22.7 Å². The first-order chi connectivity index (χ1) is 8.56. The van der Waals surface area contributed by atoms with E-state index >= 15 is 0 Å². The summed E-state index contributed by atoms with van der Waals surface area (Å²) in [5, 5.41) is -0.00171. The third kappa shape index (κ3) is 5.14. The van der Waals surface area contributed by atoms with Gasteiger partial charge < -0.3 is 14.4 Å². The lowest BCUT2D eigenvalue weighted by Gasteiger charge is -2.21. The minimum absolute atomic E-state index is 0.00171. The van der Waals surface area contributed by atoms with E-state index in [2.05, 4.69) is 26.9 Å². The molecule has 0 spiro atoms. The van der Waals surface area contributed by atoms with Gasteiger partial charge in [0.2, 0.25) is 0 Å². The second-order valence-electron chi connectivity index (χ2n) is 4.21. The molecule has 5 heteroatoms.